The Morgan fingerprint density at radius 1 is 1.50 bits per heavy atom. The molecule has 0 bridgehead atoms. The van der Waals surface area contributed by atoms with Crippen LogP contribution in [0.2, 0.25) is 0 Å². The van der Waals surface area contributed by atoms with Crippen LogP contribution in [-0.2, 0) is 4.74 Å². The largest absolute Gasteiger partial charge is 0.444 e. The van der Waals surface area contributed by atoms with Crippen molar-refractivity contribution < 1.29 is 9.53 Å². The summed E-state index contributed by atoms with van der Waals surface area (Å²) in [6.45, 7) is 6.07. The van der Waals surface area contributed by atoms with Crippen LogP contribution in [0.4, 0.5) is 4.79 Å². The van der Waals surface area contributed by atoms with Crippen molar-refractivity contribution >= 4 is 33.8 Å². The van der Waals surface area contributed by atoms with Gasteiger partial charge in [0.1, 0.15) is 5.60 Å². The second kappa shape index (κ2) is 6.99. The number of hydrogen-bond acceptors (Lipinski definition) is 4. The van der Waals surface area contributed by atoms with Gasteiger partial charge in [-0.2, -0.15) is 0 Å². The Hall–Kier alpha value is -0.750. The number of amides is 1. The normalized spacial score (nSPS) is 11.1. The van der Waals surface area contributed by atoms with E-state index in [1.807, 2.05) is 32.9 Å². The molecule has 0 radical (unpaired) electrons. The van der Waals surface area contributed by atoms with E-state index in [9.17, 15) is 4.79 Å². The van der Waals surface area contributed by atoms with E-state index in [0.29, 0.717) is 6.54 Å². The summed E-state index contributed by atoms with van der Waals surface area (Å²) in [5.74, 6) is 0.758. The first-order valence-electron chi connectivity index (χ1n) is 5.58. The van der Waals surface area contributed by atoms with Gasteiger partial charge < -0.3 is 10.1 Å². The van der Waals surface area contributed by atoms with Crippen molar-refractivity contribution in [2.45, 2.75) is 31.4 Å². The molecule has 0 fully saturated rings. The van der Waals surface area contributed by atoms with Crippen molar-refractivity contribution in [1.29, 1.82) is 0 Å². The van der Waals surface area contributed by atoms with Gasteiger partial charge in [-0.15, -0.1) is 11.8 Å². The van der Waals surface area contributed by atoms with Gasteiger partial charge in [-0.05, 0) is 48.8 Å². The maximum Gasteiger partial charge on any atom is 0.407 e. The molecule has 100 valence electrons. The van der Waals surface area contributed by atoms with Crippen LogP contribution in [0.15, 0.2) is 27.8 Å². The van der Waals surface area contributed by atoms with Crippen LogP contribution in [0, 0.1) is 0 Å². The summed E-state index contributed by atoms with van der Waals surface area (Å²) in [5.41, 5.74) is -0.454. The topological polar surface area (TPSA) is 51.2 Å². The number of hydrogen-bond donors (Lipinski definition) is 1. The first kappa shape index (κ1) is 15.3. The van der Waals surface area contributed by atoms with Gasteiger partial charge >= 0.3 is 6.09 Å². The van der Waals surface area contributed by atoms with Gasteiger partial charge in [0.25, 0.3) is 0 Å². The van der Waals surface area contributed by atoms with E-state index in [1.165, 1.54) is 0 Å². The van der Waals surface area contributed by atoms with E-state index in [0.717, 1.165) is 15.3 Å². The van der Waals surface area contributed by atoms with Gasteiger partial charge in [-0.1, -0.05) is 0 Å². The third kappa shape index (κ3) is 6.86. The molecule has 0 aliphatic carbocycles. The molecule has 1 N–H and O–H groups in total. The van der Waals surface area contributed by atoms with Crippen molar-refractivity contribution in [2.75, 3.05) is 12.3 Å². The van der Waals surface area contributed by atoms with Crippen LogP contribution in [0.25, 0.3) is 0 Å². The zero-order chi connectivity index (χ0) is 13.6. The predicted octanol–water partition coefficient (Wildman–Crippen LogP) is 3.46. The average Bonchev–Trinajstić information content (AvgIpc) is 2.24. The monoisotopic (exact) mass is 332 g/mol. The van der Waals surface area contributed by atoms with E-state index in [1.54, 1.807) is 18.0 Å². The molecule has 0 aliphatic rings. The maximum atomic E-state index is 11.4. The van der Waals surface area contributed by atoms with Gasteiger partial charge in [0.15, 0.2) is 0 Å². The summed E-state index contributed by atoms with van der Waals surface area (Å²) < 4.78 is 6.08. The molecule has 18 heavy (non-hydrogen) atoms. The molecule has 1 rings (SSSR count). The third-order valence-electron chi connectivity index (χ3n) is 1.72. The molecule has 1 aromatic rings. The lowest BCUT2D eigenvalue weighted by Crippen LogP contribution is -2.33. The van der Waals surface area contributed by atoms with E-state index < -0.39 is 5.60 Å². The fourth-order valence-corrected chi connectivity index (χ4v) is 2.01. The number of halogens is 1. The lowest BCUT2D eigenvalue weighted by atomic mass is 10.2. The number of rotatable bonds is 4. The summed E-state index contributed by atoms with van der Waals surface area (Å²) in [7, 11) is 0. The van der Waals surface area contributed by atoms with Crippen LogP contribution in [-0.4, -0.2) is 29.0 Å². The minimum Gasteiger partial charge on any atom is -0.444 e. The van der Waals surface area contributed by atoms with Crippen LogP contribution in [0.3, 0.4) is 0 Å². The zero-order valence-electron chi connectivity index (χ0n) is 10.7. The summed E-state index contributed by atoms with van der Waals surface area (Å²) in [5, 5.41) is 3.64. The number of pyridine rings is 1. The molecule has 0 saturated carbocycles. The number of alkyl carbamates (subject to hydrolysis) is 1. The van der Waals surface area contributed by atoms with E-state index in [2.05, 4.69) is 26.2 Å². The molecule has 1 amide bonds. The highest BCUT2D eigenvalue weighted by molar-refractivity contribution is 9.10. The molecular formula is C12H17BrN2O2S. The van der Waals surface area contributed by atoms with Gasteiger partial charge in [-0.25, -0.2) is 9.78 Å². The van der Waals surface area contributed by atoms with Crippen LogP contribution in [0.5, 0.6) is 0 Å². The molecule has 0 saturated heterocycles. The number of nitrogens with one attached hydrogen (secondary N) is 1. The minimum atomic E-state index is -0.454. The van der Waals surface area contributed by atoms with Crippen molar-refractivity contribution in [3.8, 4) is 0 Å². The highest BCUT2D eigenvalue weighted by atomic mass is 79.9. The number of aromatic nitrogens is 1. The SMILES string of the molecule is CC(C)(C)OC(=O)NCCSc1ccc(Br)cn1. The predicted molar refractivity (Wildman–Crippen MR) is 76.9 cm³/mol. The fourth-order valence-electron chi connectivity index (χ4n) is 1.07. The van der Waals surface area contributed by atoms with Crippen LogP contribution < -0.4 is 5.32 Å². The van der Waals surface area contributed by atoms with Crippen LogP contribution >= 0.6 is 27.7 Å². The number of carbonyl (C=O) groups excluding carboxylic acids is 1. The first-order chi connectivity index (χ1) is 8.37. The fraction of sp³-hybridized carbons (Fsp3) is 0.500. The molecule has 0 atom stereocenters. The van der Waals surface area contributed by atoms with Crippen LogP contribution in [0.1, 0.15) is 20.8 Å². The van der Waals surface area contributed by atoms with Gasteiger partial charge in [0.05, 0.1) is 5.03 Å². The Morgan fingerprint density at radius 3 is 2.78 bits per heavy atom. The molecule has 0 aromatic carbocycles. The molecule has 6 heteroatoms. The number of carbonyl (C=O) groups is 1. The second-order valence-electron chi connectivity index (χ2n) is 4.59. The molecule has 1 aromatic heterocycles. The molecule has 4 nitrogen and oxygen atoms in total. The summed E-state index contributed by atoms with van der Waals surface area (Å²) in [6, 6.07) is 3.87. The van der Waals surface area contributed by atoms with Gasteiger partial charge in [0.2, 0.25) is 0 Å². The molecule has 1 heterocycles. The van der Waals surface area contributed by atoms with E-state index in [4.69, 9.17) is 4.74 Å². The smallest absolute Gasteiger partial charge is 0.407 e. The lowest BCUT2D eigenvalue weighted by Gasteiger charge is -2.19. The Bertz CT molecular complexity index is 390. The molecule has 0 spiro atoms. The second-order valence-corrected chi connectivity index (χ2v) is 6.62. The highest BCUT2D eigenvalue weighted by Gasteiger charge is 2.15. The first-order valence-corrected chi connectivity index (χ1v) is 7.36. The van der Waals surface area contributed by atoms with Crippen molar-refractivity contribution in [3.63, 3.8) is 0 Å². The van der Waals surface area contributed by atoms with Crippen molar-refractivity contribution in [1.82, 2.24) is 10.3 Å². The summed E-state index contributed by atoms with van der Waals surface area (Å²) in [4.78, 5) is 15.6. The Balaban J connectivity index is 2.19. The average molecular weight is 333 g/mol. The quantitative estimate of drug-likeness (QED) is 0.677. The maximum absolute atomic E-state index is 11.4. The number of thioether (sulfide) groups is 1. The lowest BCUT2D eigenvalue weighted by molar-refractivity contribution is 0.0531. The Morgan fingerprint density at radius 2 is 2.22 bits per heavy atom. The zero-order valence-corrected chi connectivity index (χ0v) is 13.1. The standard InChI is InChI=1S/C12H17BrN2O2S/c1-12(2,3)17-11(16)14-6-7-18-10-5-4-9(13)8-15-10/h4-5,8H,6-7H2,1-3H3,(H,14,16). The Labute approximate surface area is 120 Å². The molecule has 0 unspecified atom stereocenters. The number of ether oxygens (including phenoxy) is 1. The summed E-state index contributed by atoms with van der Waals surface area (Å²) in [6.07, 6.45) is 1.37. The minimum absolute atomic E-state index is 0.383. The highest BCUT2D eigenvalue weighted by Crippen LogP contribution is 2.16. The summed E-state index contributed by atoms with van der Waals surface area (Å²) >= 11 is 4.92. The van der Waals surface area contributed by atoms with E-state index in [-0.39, 0.29) is 6.09 Å². The van der Waals surface area contributed by atoms with Crippen molar-refractivity contribution in [2.24, 2.45) is 0 Å². The van der Waals surface area contributed by atoms with Gasteiger partial charge in [0, 0.05) is 23.0 Å². The molecule has 0 aliphatic heterocycles. The van der Waals surface area contributed by atoms with E-state index >= 15 is 0 Å². The molecular weight excluding hydrogens is 316 g/mol. The van der Waals surface area contributed by atoms with Gasteiger partial charge in [-0.3, -0.25) is 0 Å². The number of nitrogens with zero attached hydrogens (tertiary/aromatic N) is 1. The third-order valence-corrected chi connectivity index (χ3v) is 3.14. The Kier molecular flexibility index (Phi) is 5.95. The van der Waals surface area contributed by atoms with Crippen molar-refractivity contribution in [3.05, 3.63) is 22.8 Å².